The second kappa shape index (κ2) is 11.2. The summed E-state index contributed by atoms with van der Waals surface area (Å²) in [6.07, 6.45) is 4.12. The van der Waals surface area contributed by atoms with Crippen molar-refractivity contribution in [1.82, 2.24) is 4.90 Å². The van der Waals surface area contributed by atoms with Crippen molar-refractivity contribution in [2.75, 3.05) is 26.8 Å². The van der Waals surface area contributed by atoms with Crippen molar-refractivity contribution < 1.29 is 14.3 Å². The topological polar surface area (TPSA) is 38.8 Å². The van der Waals surface area contributed by atoms with Gasteiger partial charge in [-0.15, -0.1) is 0 Å². The molecule has 0 aliphatic carbocycles. The molecule has 1 aliphatic rings. The summed E-state index contributed by atoms with van der Waals surface area (Å²) in [6.45, 7) is 3.48. The molecule has 4 aromatic carbocycles. The summed E-state index contributed by atoms with van der Waals surface area (Å²) in [5.41, 5.74) is 5.80. The fraction of sp³-hybridized carbons (Fsp3) is 0.219. The second-order valence-corrected chi connectivity index (χ2v) is 9.22. The number of methoxy groups -OCH3 is 1. The minimum atomic E-state index is -0.318. The molecule has 0 aromatic heterocycles. The number of carbonyl (C=O) groups excluding carboxylic acids is 1. The standard InChI is InChI=1S/C32H31NO3/c1-35-32(34)28-15-13-24(14-16-28)21-25(22-33-19-17-26-7-2-3-9-29(26)23-33)18-20-36-31-12-6-10-27-8-4-5-11-30(27)31/h2-16,21H,17-20,22-23H2,1H3. The second-order valence-electron chi connectivity index (χ2n) is 9.22. The number of hydrogen-bond donors (Lipinski definition) is 0. The average molecular weight is 478 g/mol. The maximum absolute atomic E-state index is 11.8. The lowest BCUT2D eigenvalue weighted by Crippen LogP contribution is -2.32. The molecule has 36 heavy (non-hydrogen) atoms. The van der Waals surface area contributed by atoms with Crippen molar-refractivity contribution in [1.29, 1.82) is 0 Å². The van der Waals surface area contributed by atoms with Gasteiger partial charge in [-0.3, -0.25) is 4.90 Å². The molecule has 4 heteroatoms. The van der Waals surface area contributed by atoms with E-state index in [4.69, 9.17) is 9.47 Å². The van der Waals surface area contributed by atoms with Gasteiger partial charge in [-0.25, -0.2) is 4.79 Å². The summed E-state index contributed by atoms with van der Waals surface area (Å²) < 4.78 is 11.1. The minimum Gasteiger partial charge on any atom is -0.493 e. The fourth-order valence-corrected chi connectivity index (χ4v) is 4.86. The number of ether oxygens (including phenoxy) is 2. The lowest BCUT2D eigenvalue weighted by atomic mass is 9.99. The number of fused-ring (bicyclic) bond motifs is 2. The molecule has 0 unspecified atom stereocenters. The van der Waals surface area contributed by atoms with Gasteiger partial charge in [0.25, 0.3) is 0 Å². The molecular formula is C32H31NO3. The summed E-state index contributed by atoms with van der Waals surface area (Å²) in [5, 5.41) is 2.32. The summed E-state index contributed by atoms with van der Waals surface area (Å²) in [6, 6.07) is 30.8. The molecule has 4 aromatic rings. The lowest BCUT2D eigenvalue weighted by Gasteiger charge is -2.29. The quantitative estimate of drug-likeness (QED) is 0.270. The molecule has 0 saturated heterocycles. The van der Waals surface area contributed by atoms with Gasteiger partial charge in [-0.05, 0) is 46.7 Å². The van der Waals surface area contributed by atoms with Gasteiger partial charge < -0.3 is 9.47 Å². The third kappa shape index (κ3) is 5.67. The molecule has 1 heterocycles. The van der Waals surface area contributed by atoms with Crippen LogP contribution in [-0.2, 0) is 17.7 Å². The zero-order chi connectivity index (χ0) is 24.7. The molecule has 5 rings (SSSR count). The lowest BCUT2D eigenvalue weighted by molar-refractivity contribution is 0.0600. The van der Waals surface area contributed by atoms with Gasteiger partial charge in [0.15, 0.2) is 0 Å². The molecule has 182 valence electrons. The number of benzene rings is 4. The normalized spacial score (nSPS) is 13.9. The van der Waals surface area contributed by atoms with E-state index in [2.05, 4.69) is 59.5 Å². The van der Waals surface area contributed by atoms with Gasteiger partial charge in [0, 0.05) is 31.4 Å². The fourth-order valence-electron chi connectivity index (χ4n) is 4.86. The molecule has 0 atom stereocenters. The van der Waals surface area contributed by atoms with Gasteiger partial charge in [-0.2, -0.15) is 0 Å². The molecular weight excluding hydrogens is 446 g/mol. The smallest absolute Gasteiger partial charge is 0.337 e. The number of carbonyl (C=O) groups is 1. The molecule has 0 spiro atoms. The van der Waals surface area contributed by atoms with Crippen LogP contribution in [-0.4, -0.2) is 37.7 Å². The van der Waals surface area contributed by atoms with Crippen LogP contribution in [0.15, 0.2) is 96.6 Å². The first-order chi connectivity index (χ1) is 17.7. The van der Waals surface area contributed by atoms with Crippen LogP contribution in [0, 0.1) is 0 Å². The van der Waals surface area contributed by atoms with Crippen molar-refractivity contribution in [3.05, 3.63) is 119 Å². The minimum absolute atomic E-state index is 0.318. The Labute approximate surface area is 212 Å². The summed E-state index contributed by atoms with van der Waals surface area (Å²) in [4.78, 5) is 14.3. The zero-order valence-corrected chi connectivity index (χ0v) is 20.7. The molecule has 0 fully saturated rings. The van der Waals surface area contributed by atoms with Gasteiger partial charge in [0.1, 0.15) is 5.75 Å². The van der Waals surface area contributed by atoms with E-state index in [0.29, 0.717) is 12.2 Å². The van der Waals surface area contributed by atoms with Crippen LogP contribution in [0.2, 0.25) is 0 Å². The Morgan fingerprint density at radius 2 is 1.64 bits per heavy atom. The first-order valence-corrected chi connectivity index (χ1v) is 12.5. The number of hydrogen-bond acceptors (Lipinski definition) is 4. The van der Waals surface area contributed by atoms with Crippen LogP contribution in [0.4, 0.5) is 0 Å². The molecule has 1 aliphatic heterocycles. The number of nitrogens with zero attached hydrogens (tertiary/aromatic N) is 1. The highest BCUT2D eigenvalue weighted by Crippen LogP contribution is 2.26. The van der Waals surface area contributed by atoms with Crippen molar-refractivity contribution in [3.8, 4) is 5.75 Å². The van der Waals surface area contributed by atoms with Crippen LogP contribution in [0.25, 0.3) is 16.8 Å². The van der Waals surface area contributed by atoms with E-state index in [9.17, 15) is 4.79 Å². The van der Waals surface area contributed by atoms with E-state index >= 15 is 0 Å². The Kier molecular flexibility index (Phi) is 7.44. The van der Waals surface area contributed by atoms with Crippen LogP contribution in [0.3, 0.4) is 0 Å². The highest BCUT2D eigenvalue weighted by molar-refractivity contribution is 5.89. The highest BCUT2D eigenvalue weighted by Gasteiger charge is 2.17. The van der Waals surface area contributed by atoms with Gasteiger partial charge >= 0.3 is 5.97 Å². The Morgan fingerprint density at radius 1 is 0.889 bits per heavy atom. The maximum atomic E-state index is 11.8. The Bertz CT molecular complexity index is 1370. The third-order valence-electron chi connectivity index (χ3n) is 6.77. The SMILES string of the molecule is COC(=O)c1ccc(C=C(CCOc2cccc3ccccc23)CN2CCc3ccccc3C2)cc1. The highest BCUT2D eigenvalue weighted by atomic mass is 16.5. The summed E-state index contributed by atoms with van der Waals surface area (Å²) >= 11 is 0. The van der Waals surface area contributed by atoms with Crippen molar-refractivity contribution in [2.45, 2.75) is 19.4 Å². The average Bonchev–Trinajstić information content (AvgIpc) is 2.93. The van der Waals surface area contributed by atoms with Crippen LogP contribution in [0.5, 0.6) is 5.75 Å². The monoisotopic (exact) mass is 477 g/mol. The van der Waals surface area contributed by atoms with Gasteiger partial charge in [0.05, 0.1) is 19.3 Å². The third-order valence-corrected chi connectivity index (χ3v) is 6.77. The summed E-state index contributed by atoms with van der Waals surface area (Å²) in [7, 11) is 1.40. The Balaban J connectivity index is 1.32. The molecule has 0 radical (unpaired) electrons. The predicted molar refractivity (Wildman–Crippen MR) is 145 cm³/mol. The van der Waals surface area contributed by atoms with Gasteiger partial charge in [-0.1, -0.05) is 84.4 Å². The van der Waals surface area contributed by atoms with Crippen LogP contribution < -0.4 is 4.74 Å². The Morgan fingerprint density at radius 3 is 2.47 bits per heavy atom. The van der Waals surface area contributed by atoms with E-state index in [0.717, 1.165) is 49.2 Å². The molecule has 4 nitrogen and oxygen atoms in total. The zero-order valence-electron chi connectivity index (χ0n) is 20.7. The van der Waals surface area contributed by atoms with Crippen molar-refractivity contribution >= 4 is 22.8 Å². The first-order valence-electron chi connectivity index (χ1n) is 12.5. The van der Waals surface area contributed by atoms with Gasteiger partial charge in [0.2, 0.25) is 0 Å². The van der Waals surface area contributed by atoms with Crippen molar-refractivity contribution in [3.63, 3.8) is 0 Å². The first kappa shape index (κ1) is 23.8. The summed E-state index contributed by atoms with van der Waals surface area (Å²) in [5.74, 6) is 0.600. The molecule has 0 bridgehead atoms. The van der Waals surface area contributed by atoms with E-state index < -0.39 is 0 Å². The van der Waals surface area contributed by atoms with E-state index in [1.165, 1.54) is 29.2 Å². The number of esters is 1. The molecule has 0 amide bonds. The van der Waals surface area contributed by atoms with Crippen molar-refractivity contribution in [2.24, 2.45) is 0 Å². The molecule has 0 N–H and O–H groups in total. The maximum Gasteiger partial charge on any atom is 0.337 e. The number of rotatable bonds is 8. The Hall–Kier alpha value is -3.89. The van der Waals surface area contributed by atoms with E-state index in [1.54, 1.807) is 0 Å². The van der Waals surface area contributed by atoms with E-state index in [-0.39, 0.29) is 5.97 Å². The predicted octanol–water partition coefficient (Wildman–Crippen LogP) is 6.54. The van der Waals surface area contributed by atoms with Crippen LogP contribution in [0.1, 0.15) is 33.5 Å². The van der Waals surface area contributed by atoms with E-state index in [1.807, 2.05) is 42.5 Å². The largest absolute Gasteiger partial charge is 0.493 e. The van der Waals surface area contributed by atoms with Crippen LogP contribution >= 0.6 is 0 Å². The molecule has 0 saturated carbocycles.